The van der Waals surface area contributed by atoms with Crippen LogP contribution in [0.5, 0.6) is 5.75 Å². The highest BCUT2D eigenvalue weighted by atomic mass is 16.7. The van der Waals surface area contributed by atoms with Gasteiger partial charge in [0.25, 0.3) is 5.84 Å². The van der Waals surface area contributed by atoms with Crippen LogP contribution in [-0.2, 0) is 9.47 Å². The van der Waals surface area contributed by atoms with Crippen molar-refractivity contribution >= 4 is 5.84 Å². The predicted octanol–water partition coefficient (Wildman–Crippen LogP) is 0.381. The molecule has 0 unspecified atom stereocenters. The van der Waals surface area contributed by atoms with Crippen molar-refractivity contribution in [2.75, 3.05) is 19.8 Å². The number of fused-ring (bicyclic) bond motifs is 1. The molecule has 0 spiro atoms. The van der Waals surface area contributed by atoms with E-state index in [4.69, 9.17) is 19.9 Å². The summed E-state index contributed by atoms with van der Waals surface area (Å²) < 4.78 is 17.5. The molecule has 26 heavy (non-hydrogen) atoms. The van der Waals surface area contributed by atoms with E-state index in [0.717, 1.165) is 5.56 Å². The van der Waals surface area contributed by atoms with Crippen LogP contribution in [0.25, 0.3) is 0 Å². The molecule has 0 saturated heterocycles. The Kier molecular flexibility index (Phi) is 4.39. The maximum atomic E-state index is 10.2. The second-order valence-electron chi connectivity index (χ2n) is 6.26. The first-order valence-electron chi connectivity index (χ1n) is 8.78. The molecule has 1 heterocycles. The SMILES string of the molecule is CCOc1ccccc1[C@@H]1[C@]2(C#N)C(N)=[NH+]C(OCC)(OCC)[C@]12C#N. The van der Waals surface area contributed by atoms with E-state index in [0.29, 0.717) is 25.6 Å². The third-order valence-electron chi connectivity index (χ3n) is 5.23. The largest absolute Gasteiger partial charge is 0.494 e. The number of amidine groups is 1. The monoisotopic (exact) mass is 355 g/mol. The van der Waals surface area contributed by atoms with Crippen LogP contribution in [-0.4, -0.2) is 31.6 Å². The van der Waals surface area contributed by atoms with Gasteiger partial charge < -0.3 is 14.2 Å². The number of ether oxygens (including phenoxy) is 3. The normalized spacial score (nSPS) is 30.7. The number of benzene rings is 1. The van der Waals surface area contributed by atoms with Gasteiger partial charge in [-0.15, -0.1) is 0 Å². The van der Waals surface area contributed by atoms with E-state index >= 15 is 0 Å². The fourth-order valence-electron chi connectivity index (χ4n) is 4.33. The van der Waals surface area contributed by atoms with Gasteiger partial charge in [-0.1, -0.05) is 18.2 Å². The zero-order valence-electron chi connectivity index (χ0n) is 15.2. The number of nitriles is 2. The van der Waals surface area contributed by atoms with Crippen LogP contribution in [0.1, 0.15) is 32.3 Å². The fraction of sp³-hybridized carbons (Fsp3) is 0.526. The van der Waals surface area contributed by atoms with E-state index in [9.17, 15) is 10.5 Å². The standard InChI is InChI=1S/C19H22N4O3/c1-4-24-14-10-8-7-9-13(14)15-17(11-20)16(22)23-19(25-5-2,26-6-3)18(15,17)12-21/h7-10,15H,4-6H2,1-3H3,(H2,22,23)/p+1/t15-,17-,18-/m1/s1. The summed E-state index contributed by atoms with van der Waals surface area (Å²) in [6.45, 7) is 6.57. The van der Waals surface area contributed by atoms with Crippen molar-refractivity contribution in [3.63, 3.8) is 0 Å². The van der Waals surface area contributed by atoms with Gasteiger partial charge in [0, 0.05) is 5.56 Å². The predicted molar refractivity (Wildman–Crippen MR) is 92.6 cm³/mol. The molecule has 7 nitrogen and oxygen atoms in total. The van der Waals surface area contributed by atoms with E-state index in [-0.39, 0.29) is 5.84 Å². The first-order chi connectivity index (χ1) is 12.5. The lowest BCUT2D eigenvalue weighted by Crippen LogP contribution is -2.91. The summed E-state index contributed by atoms with van der Waals surface area (Å²) in [5.41, 5.74) is 4.44. The summed E-state index contributed by atoms with van der Waals surface area (Å²) in [7, 11) is 0. The third kappa shape index (κ3) is 1.90. The van der Waals surface area contributed by atoms with Crippen molar-refractivity contribution < 1.29 is 19.2 Å². The fourth-order valence-corrected chi connectivity index (χ4v) is 4.33. The lowest BCUT2D eigenvalue weighted by Gasteiger charge is -2.29. The Hall–Kier alpha value is -2.61. The van der Waals surface area contributed by atoms with Crippen LogP contribution in [0.3, 0.4) is 0 Å². The smallest absolute Gasteiger partial charge is 0.343 e. The van der Waals surface area contributed by atoms with E-state index < -0.39 is 22.7 Å². The maximum absolute atomic E-state index is 10.2. The summed E-state index contributed by atoms with van der Waals surface area (Å²) in [5.74, 6) is -1.17. The van der Waals surface area contributed by atoms with Gasteiger partial charge in [0.2, 0.25) is 0 Å². The van der Waals surface area contributed by atoms with E-state index in [1.807, 2.05) is 45.0 Å². The van der Waals surface area contributed by atoms with Crippen molar-refractivity contribution in [1.82, 2.24) is 0 Å². The topological polar surface area (TPSA) is 115 Å². The average molecular weight is 355 g/mol. The third-order valence-corrected chi connectivity index (χ3v) is 5.23. The molecule has 3 N–H and O–H groups in total. The van der Waals surface area contributed by atoms with Crippen LogP contribution in [0.15, 0.2) is 24.3 Å². The molecule has 3 rings (SSSR count). The van der Waals surface area contributed by atoms with Crippen molar-refractivity contribution in [1.29, 1.82) is 10.5 Å². The van der Waals surface area contributed by atoms with E-state index in [1.165, 1.54) is 0 Å². The van der Waals surface area contributed by atoms with Gasteiger partial charge >= 0.3 is 5.91 Å². The van der Waals surface area contributed by atoms with Gasteiger partial charge in [-0.05, 0) is 26.8 Å². The first kappa shape index (κ1) is 18.2. The number of nitrogens with one attached hydrogen (secondary N) is 1. The Morgan fingerprint density at radius 1 is 1.08 bits per heavy atom. The molecule has 0 bridgehead atoms. The van der Waals surface area contributed by atoms with Gasteiger partial charge in [-0.25, -0.2) is 4.99 Å². The molecule has 3 atom stereocenters. The number of para-hydroxylation sites is 1. The van der Waals surface area contributed by atoms with Crippen LogP contribution in [0, 0.1) is 33.5 Å². The molecule has 1 aliphatic carbocycles. The Bertz CT molecular complexity index is 819. The summed E-state index contributed by atoms with van der Waals surface area (Å²) in [6.07, 6.45) is 0. The molecule has 0 aromatic heterocycles. The molecule has 1 aromatic rings. The Labute approximate surface area is 153 Å². The molecule has 1 aliphatic heterocycles. The quantitative estimate of drug-likeness (QED) is 0.683. The molecule has 1 saturated carbocycles. The second kappa shape index (κ2) is 6.28. The van der Waals surface area contributed by atoms with Gasteiger partial charge in [-0.3, -0.25) is 5.73 Å². The highest BCUT2D eigenvalue weighted by molar-refractivity contribution is 5.95. The molecule has 136 valence electrons. The molecular formula is C19H23N4O3+. The van der Waals surface area contributed by atoms with Gasteiger partial charge in [0.15, 0.2) is 10.8 Å². The van der Waals surface area contributed by atoms with Crippen molar-refractivity contribution in [3.05, 3.63) is 29.8 Å². The van der Waals surface area contributed by atoms with E-state index in [2.05, 4.69) is 17.1 Å². The number of hydrogen-bond donors (Lipinski definition) is 2. The number of rotatable bonds is 7. The van der Waals surface area contributed by atoms with Gasteiger partial charge in [0.1, 0.15) is 5.75 Å². The number of hydrogen-bond acceptors (Lipinski definition) is 6. The van der Waals surface area contributed by atoms with Crippen LogP contribution < -0.4 is 15.5 Å². The molecule has 7 heteroatoms. The number of nitrogens with two attached hydrogens (primary N) is 1. The molecule has 0 radical (unpaired) electrons. The van der Waals surface area contributed by atoms with Gasteiger partial charge in [0.05, 0.1) is 37.9 Å². The maximum Gasteiger partial charge on any atom is 0.343 e. The van der Waals surface area contributed by atoms with Crippen LogP contribution >= 0.6 is 0 Å². The highest BCUT2D eigenvalue weighted by Gasteiger charge is 2.97. The lowest BCUT2D eigenvalue weighted by molar-refractivity contribution is -0.693. The van der Waals surface area contributed by atoms with Crippen LogP contribution in [0.4, 0.5) is 0 Å². The zero-order chi connectivity index (χ0) is 19.0. The first-order valence-corrected chi connectivity index (χ1v) is 8.78. The molecule has 1 aromatic carbocycles. The summed E-state index contributed by atoms with van der Waals surface area (Å²) in [6, 6.07) is 12.0. The van der Waals surface area contributed by atoms with Crippen LogP contribution in [0.2, 0.25) is 0 Å². The number of nitrogens with zero attached hydrogens (tertiary/aromatic N) is 2. The highest BCUT2D eigenvalue weighted by Crippen LogP contribution is 2.79. The van der Waals surface area contributed by atoms with Crippen molar-refractivity contribution in [2.45, 2.75) is 32.6 Å². The minimum absolute atomic E-state index is 0.194. The zero-order valence-corrected chi connectivity index (χ0v) is 15.2. The Morgan fingerprint density at radius 3 is 2.27 bits per heavy atom. The summed E-state index contributed by atoms with van der Waals surface area (Å²) >= 11 is 0. The lowest BCUT2D eigenvalue weighted by atomic mass is 9.93. The molecule has 0 amide bonds. The minimum atomic E-state index is -1.48. The van der Waals surface area contributed by atoms with Gasteiger partial charge in [-0.2, -0.15) is 10.5 Å². The molecule has 2 aliphatic rings. The summed E-state index contributed by atoms with van der Waals surface area (Å²) in [4.78, 5) is 2.97. The molecular weight excluding hydrogens is 332 g/mol. The second-order valence-corrected chi connectivity index (χ2v) is 6.26. The summed E-state index contributed by atoms with van der Waals surface area (Å²) in [5, 5.41) is 20.3. The minimum Gasteiger partial charge on any atom is -0.494 e. The van der Waals surface area contributed by atoms with Crippen molar-refractivity contribution in [2.24, 2.45) is 16.6 Å². The van der Waals surface area contributed by atoms with E-state index in [1.54, 1.807) is 0 Å². The van der Waals surface area contributed by atoms with Crippen molar-refractivity contribution in [3.8, 4) is 17.9 Å². The average Bonchev–Trinajstić information content (AvgIpc) is 3.21. The molecule has 1 fully saturated rings. The Balaban J connectivity index is 2.23. The Morgan fingerprint density at radius 2 is 1.73 bits per heavy atom.